The van der Waals surface area contributed by atoms with Crippen LogP contribution in [0.25, 0.3) is 0 Å². The highest BCUT2D eigenvalue weighted by molar-refractivity contribution is 5.18. The maximum Gasteiger partial charge on any atom is 0.140 e. The second kappa shape index (κ2) is 5.68. The number of nitrogens with zero attached hydrogens (tertiary/aromatic N) is 3. The highest BCUT2D eigenvalue weighted by atomic mass is 19.1. The summed E-state index contributed by atoms with van der Waals surface area (Å²) in [6, 6.07) is 3.42. The molecule has 18 heavy (non-hydrogen) atoms. The van der Waals surface area contributed by atoms with Crippen LogP contribution in [-0.4, -0.2) is 14.8 Å². The molecule has 0 saturated carbocycles. The van der Waals surface area contributed by atoms with E-state index in [0.29, 0.717) is 12.1 Å². The Bertz CT molecular complexity index is 525. The van der Waals surface area contributed by atoms with Crippen LogP contribution in [0.1, 0.15) is 18.3 Å². The number of nitrogens with one attached hydrogen (secondary N) is 1. The molecule has 0 radical (unpaired) electrons. The van der Waals surface area contributed by atoms with E-state index in [1.54, 1.807) is 4.68 Å². The quantitative estimate of drug-likeness (QED) is 0.883. The molecule has 0 aliphatic heterocycles. The summed E-state index contributed by atoms with van der Waals surface area (Å²) in [4.78, 5) is 4.08. The van der Waals surface area contributed by atoms with Crippen LogP contribution in [0.3, 0.4) is 0 Å². The second-order valence-corrected chi connectivity index (χ2v) is 3.83. The molecule has 2 rings (SSSR count). The van der Waals surface area contributed by atoms with E-state index in [1.165, 1.54) is 12.4 Å². The van der Waals surface area contributed by atoms with Gasteiger partial charge in [-0.25, -0.2) is 18.4 Å². The van der Waals surface area contributed by atoms with E-state index in [9.17, 15) is 8.78 Å². The lowest BCUT2D eigenvalue weighted by Gasteiger charge is -2.06. The first-order valence-electron chi connectivity index (χ1n) is 5.72. The lowest BCUT2D eigenvalue weighted by atomic mass is 10.2. The molecular formula is C12H14F2N4. The smallest absolute Gasteiger partial charge is 0.140 e. The minimum absolute atomic E-state index is 0.250. The van der Waals surface area contributed by atoms with Gasteiger partial charge in [-0.3, -0.25) is 0 Å². The molecule has 0 bridgehead atoms. The lowest BCUT2D eigenvalue weighted by molar-refractivity contribution is 0.547. The Hall–Kier alpha value is -1.82. The summed E-state index contributed by atoms with van der Waals surface area (Å²) in [6.45, 7) is 3.40. The molecule has 0 aliphatic rings. The molecule has 6 heteroatoms. The summed E-state index contributed by atoms with van der Waals surface area (Å²) in [5.74, 6) is -0.0832. The van der Waals surface area contributed by atoms with Gasteiger partial charge in [0, 0.05) is 18.7 Å². The Morgan fingerprint density at radius 2 is 2.11 bits per heavy atom. The molecule has 0 fully saturated rings. The van der Waals surface area contributed by atoms with E-state index in [2.05, 4.69) is 15.4 Å². The van der Waals surface area contributed by atoms with Gasteiger partial charge in [0.25, 0.3) is 0 Å². The molecule has 1 heterocycles. The molecule has 1 N–H and O–H groups in total. The predicted octanol–water partition coefficient (Wildman–Crippen LogP) is 1.87. The molecule has 4 nitrogen and oxygen atoms in total. The minimum atomic E-state index is -0.440. The number of aryl methyl sites for hydroxylation is 1. The van der Waals surface area contributed by atoms with Crippen molar-refractivity contribution in [2.45, 2.75) is 26.6 Å². The normalized spacial score (nSPS) is 10.8. The molecule has 0 unspecified atom stereocenters. The van der Waals surface area contributed by atoms with Crippen molar-refractivity contribution >= 4 is 0 Å². The van der Waals surface area contributed by atoms with E-state index in [0.717, 1.165) is 24.5 Å². The summed E-state index contributed by atoms with van der Waals surface area (Å²) in [5.41, 5.74) is 0.303. The van der Waals surface area contributed by atoms with Crippen LogP contribution in [0.15, 0.2) is 24.5 Å². The third kappa shape index (κ3) is 2.89. The van der Waals surface area contributed by atoms with Crippen LogP contribution in [-0.2, 0) is 19.6 Å². The largest absolute Gasteiger partial charge is 0.306 e. The van der Waals surface area contributed by atoms with Gasteiger partial charge < -0.3 is 5.32 Å². The van der Waals surface area contributed by atoms with Crippen molar-refractivity contribution in [2.75, 3.05) is 0 Å². The third-order valence-corrected chi connectivity index (χ3v) is 2.60. The van der Waals surface area contributed by atoms with Gasteiger partial charge in [-0.15, -0.1) is 0 Å². The number of rotatable bonds is 5. The van der Waals surface area contributed by atoms with Crippen LogP contribution in [0.2, 0.25) is 0 Å². The fourth-order valence-corrected chi connectivity index (χ4v) is 1.68. The number of aromatic nitrogens is 3. The lowest BCUT2D eigenvalue weighted by Crippen LogP contribution is -2.17. The van der Waals surface area contributed by atoms with Crippen LogP contribution in [0.5, 0.6) is 0 Å². The number of halogens is 2. The van der Waals surface area contributed by atoms with Gasteiger partial charge in [-0.2, -0.15) is 5.10 Å². The van der Waals surface area contributed by atoms with Crippen LogP contribution in [0, 0.1) is 11.6 Å². The van der Waals surface area contributed by atoms with Gasteiger partial charge in [0.15, 0.2) is 0 Å². The van der Waals surface area contributed by atoms with Crippen molar-refractivity contribution in [3.8, 4) is 0 Å². The first-order valence-corrected chi connectivity index (χ1v) is 5.72. The molecule has 2 aromatic rings. The second-order valence-electron chi connectivity index (χ2n) is 3.83. The first-order chi connectivity index (χ1) is 8.70. The topological polar surface area (TPSA) is 42.7 Å². The molecule has 0 saturated heterocycles. The molecule has 0 amide bonds. The summed E-state index contributed by atoms with van der Waals surface area (Å²) in [6.07, 6.45) is 1.48. The maximum atomic E-state index is 13.3. The average molecular weight is 252 g/mol. The summed E-state index contributed by atoms with van der Waals surface area (Å²) in [5, 5.41) is 7.04. The van der Waals surface area contributed by atoms with Crippen molar-refractivity contribution in [3.63, 3.8) is 0 Å². The highest BCUT2D eigenvalue weighted by Gasteiger charge is 2.05. The molecule has 0 aliphatic carbocycles. The fraction of sp³-hybridized carbons (Fsp3) is 0.333. The first kappa shape index (κ1) is 12.6. The summed E-state index contributed by atoms with van der Waals surface area (Å²) >= 11 is 0. The Morgan fingerprint density at radius 3 is 2.89 bits per heavy atom. The monoisotopic (exact) mass is 252 g/mol. The van der Waals surface area contributed by atoms with E-state index < -0.39 is 11.6 Å². The standard InChI is InChI=1S/C12H14F2N4/c1-2-18-12(16-8-17-18)7-15-6-9-5-10(13)3-4-11(9)14/h3-5,8,15H,2,6-7H2,1H3. The highest BCUT2D eigenvalue weighted by Crippen LogP contribution is 2.09. The zero-order chi connectivity index (χ0) is 13.0. The zero-order valence-corrected chi connectivity index (χ0v) is 10.0. The molecule has 1 aromatic heterocycles. The Labute approximate surface area is 104 Å². The van der Waals surface area contributed by atoms with Crippen molar-refractivity contribution in [1.82, 2.24) is 20.1 Å². The Balaban J connectivity index is 1.94. The minimum Gasteiger partial charge on any atom is -0.306 e. The number of hydrogen-bond acceptors (Lipinski definition) is 3. The number of hydrogen-bond donors (Lipinski definition) is 1. The Kier molecular flexibility index (Phi) is 3.99. The Morgan fingerprint density at radius 1 is 1.28 bits per heavy atom. The molecular weight excluding hydrogens is 238 g/mol. The summed E-state index contributed by atoms with van der Waals surface area (Å²) < 4.78 is 28.0. The van der Waals surface area contributed by atoms with E-state index in [1.807, 2.05) is 6.92 Å². The van der Waals surface area contributed by atoms with Gasteiger partial charge in [-0.05, 0) is 25.1 Å². The van der Waals surface area contributed by atoms with Crippen LogP contribution in [0.4, 0.5) is 8.78 Å². The van der Waals surface area contributed by atoms with E-state index in [-0.39, 0.29) is 6.54 Å². The van der Waals surface area contributed by atoms with Crippen molar-refractivity contribution in [2.24, 2.45) is 0 Å². The van der Waals surface area contributed by atoms with Crippen molar-refractivity contribution < 1.29 is 8.78 Å². The zero-order valence-electron chi connectivity index (χ0n) is 10.0. The maximum absolute atomic E-state index is 13.3. The third-order valence-electron chi connectivity index (χ3n) is 2.60. The van der Waals surface area contributed by atoms with Crippen molar-refractivity contribution in [3.05, 3.63) is 47.5 Å². The fourth-order valence-electron chi connectivity index (χ4n) is 1.68. The molecule has 96 valence electrons. The molecule has 0 atom stereocenters. The SMILES string of the molecule is CCn1ncnc1CNCc1cc(F)ccc1F. The van der Waals surface area contributed by atoms with Gasteiger partial charge in [0.2, 0.25) is 0 Å². The average Bonchev–Trinajstić information content (AvgIpc) is 2.81. The predicted molar refractivity (Wildman–Crippen MR) is 62.6 cm³/mol. The van der Waals surface area contributed by atoms with Crippen LogP contribution >= 0.6 is 0 Å². The van der Waals surface area contributed by atoms with Gasteiger partial charge >= 0.3 is 0 Å². The van der Waals surface area contributed by atoms with Gasteiger partial charge in [-0.1, -0.05) is 0 Å². The van der Waals surface area contributed by atoms with E-state index in [4.69, 9.17) is 0 Å². The van der Waals surface area contributed by atoms with Gasteiger partial charge in [0.05, 0.1) is 6.54 Å². The van der Waals surface area contributed by atoms with Crippen LogP contribution < -0.4 is 5.32 Å². The summed E-state index contributed by atoms with van der Waals surface area (Å²) in [7, 11) is 0. The molecule has 0 spiro atoms. The van der Waals surface area contributed by atoms with Crippen molar-refractivity contribution in [1.29, 1.82) is 0 Å². The number of benzene rings is 1. The van der Waals surface area contributed by atoms with E-state index >= 15 is 0 Å². The molecule has 1 aromatic carbocycles. The van der Waals surface area contributed by atoms with Gasteiger partial charge in [0.1, 0.15) is 23.8 Å².